The Labute approximate surface area is 103 Å². The summed E-state index contributed by atoms with van der Waals surface area (Å²) in [7, 11) is 0. The van der Waals surface area contributed by atoms with E-state index >= 15 is 0 Å². The third-order valence-electron chi connectivity index (χ3n) is 3.79. The summed E-state index contributed by atoms with van der Waals surface area (Å²) in [4.78, 5) is 11.5. The van der Waals surface area contributed by atoms with Crippen LogP contribution in [0, 0.1) is 11.8 Å². The summed E-state index contributed by atoms with van der Waals surface area (Å²) >= 11 is 0. The largest absolute Gasteiger partial charge is 0.295 e. The molecule has 2 rings (SSSR count). The Kier molecular flexibility index (Phi) is 3.52. The Balaban J connectivity index is 1.77. The molecule has 0 aliphatic heterocycles. The second kappa shape index (κ2) is 4.67. The normalized spacial score (nSPS) is 28.2. The van der Waals surface area contributed by atoms with Gasteiger partial charge in [0.15, 0.2) is 5.78 Å². The first-order chi connectivity index (χ1) is 8.27. The number of carbonyl (C=O) groups is 1. The zero-order chi connectivity index (χ0) is 13.4. The fourth-order valence-corrected chi connectivity index (χ4v) is 2.48. The van der Waals surface area contributed by atoms with Crippen molar-refractivity contribution in [3.63, 3.8) is 0 Å². The Hall–Kier alpha value is -0.870. The quantitative estimate of drug-likeness (QED) is 0.556. The molecule has 0 atom stereocenters. The highest BCUT2D eigenvalue weighted by molar-refractivity contribution is 5.92. The Morgan fingerprint density at radius 3 is 2.06 bits per heavy atom. The van der Waals surface area contributed by atoms with Crippen LogP contribution in [0.25, 0.3) is 0 Å². The summed E-state index contributed by atoms with van der Waals surface area (Å²) in [5.74, 6) is -6.17. The third kappa shape index (κ3) is 3.33. The minimum absolute atomic E-state index is 0.0193. The molecule has 5 heteroatoms. The fraction of sp³-hybridized carbons (Fsp3) is 0.769. The fourth-order valence-electron chi connectivity index (χ4n) is 2.48. The van der Waals surface area contributed by atoms with Crippen molar-refractivity contribution in [1.82, 2.24) is 0 Å². The summed E-state index contributed by atoms with van der Waals surface area (Å²) < 4.78 is 50.9. The van der Waals surface area contributed by atoms with Crippen LogP contribution in [0.5, 0.6) is 0 Å². The number of hydrogen-bond donors (Lipinski definition) is 0. The van der Waals surface area contributed by atoms with E-state index in [0.717, 1.165) is 0 Å². The van der Waals surface area contributed by atoms with Crippen molar-refractivity contribution in [1.29, 1.82) is 0 Å². The zero-order valence-corrected chi connectivity index (χ0v) is 9.97. The Morgan fingerprint density at radius 1 is 1.00 bits per heavy atom. The highest BCUT2D eigenvalue weighted by Gasteiger charge is 2.47. The second-order valence-electron chi connectivity index (χ2n) is 5.42. The molecular formula is C13H16F4O. The van der Waals surface area contributed by atoms with Gasteiger partial charge in [0.05, 0.1) is 0 Å². The molecule has 0 spiro atoms. The molecule has 0 unspecified atom stereocenters. The van der Waals surface area contributed by atoms with Gasteiger partial charge in [-0.3, -0.25) is 4.79 Å². The molecule has 0 bridgehead atoms. The van der Waals surface area contributed by atoms with Gasteiger partial charge in [0.2, 0.25) is 11.8 Å². The van der Waals surface area contributed by atoms with Crippen LogP contribution in [0.2, 0.25) is 0 Å². The summed E-state index contributed by atoms with van der Waals surface area (Å²) in [6, 6.07) is 0. The molecule has 0 N–H and O–H groups in total. The lowest BCUT2D eigenvalue weighted by Gasteiger charge is -2.33. The molecule has 0 saturated heterocycles. The molecule has 102 valence electrons. The second-order valence-corrected chi connectivity index (χ2v) is 5.42. The number of halogens is 4. The monoisotopic (exact) mass is 264 g/mol. The molecule has 0 aromatic carbocycles. The first-order valence-electron chi connectivity index (χ1n) is 6.25. The molecule has 18 heavy (non-hydrogen) atoms. The van der Waals surface area contributed by atoms with Crippen LogP contribution in [0.1, 0.15) is 38.5 Å². The minimum atomic E-state index is -2.69. The molecule has 1 nitrogen and oxygen atoms in total. The molecule has 2 aliphatic carbocycles. The lowest BCUT2D eigenvalue weighted by Crippen LogP contribution is -2.39. The van der Waals surface area contributed by atoms with Gasteiger partial charge >= 0.3 is 0 Å². The predicted molar refractivity (Wildman–Crippen MR) is 58.7 cm³/mol. The van der Waals surface area contributed by atoms with Gasteiger partial charge in [0, 0.05) is 31.6 Å². The van der Waals surface area contributed by atoms with Gasteiger partial charge < -0.3 is 0 Å². The van der Waals surface area contributed by atoms with Gasteiger partial charge in [-0.1, -0.05) is 6.08 Å². The van der Waals surface area contributed by atoms with E-state index in [1.165, 1.54) is 6.08 Å². The van der Waals surface area contributed by atoms with Gasteiger partial charge in [-0.2, -0.15) is 0 Å². The lowest BCUT2D eigenvalue weighted by molar-refractivity contribution is -0.143. The molecule has 0 heterocycles. The van der Waals surface area contributed by atoms with Crippen molar-refractivity contribution in [2.45, 2.75) is 50.4 Å². The highest BCUT2D eigenvalue weighted by Crippen LogP contribution is 2.43. The van der Waals surface area contributed by atoms with Crippen molar-refractivity contribution in [2.75, 3.05) is 0 Å². The van der Waals surface area contributed by atoms with E-state index in [1.54, 1.807) is 6.08 Å². The highest BCUT2D eigenvalue weighted by atomic mass is 19.3. The SMILES string of the molecule is O=C(C=CC1CCC(F)(F)CC1)C1CC(F)(F)C1. The lowest BCUT2D eigenvalue weighted by atomic mass is 9.78. The van der Waals surface area contributed by atoms with Gasteiger partial charge in [0.25, 0.3) is 0 Å². The van der Waals surface area contributed by atoms with E-state index in [9.17, 15) is 22.4 Å². The van der Waals surface area contributed by atoms with Gasteiger partial charge in [-0.15, -0.1) is 0 Å². The van der Waals surface area contributed by atoms with Crippen LogP contribution < -0.4 is 0 Å². The number of alkyl halides is 4. The summed E-state index contributed by atoms with van der Waals surface area (Å²) in [5.41, 5.74) is 0. The topological polar surface area (TPSA) is 17.1 Å². The number of ketones is 1. The number of allylic oxidation sites excluding steroid dienone is 2. The predicted octanol–water partition coefficient (Wildman–Crippen LogP) is 3.98. The Bertz CT molecular complexity index is 344. The van der Waals surface area contributed by atoms with Gasteiger partial charge in [0.1, 0.15) is 0 Å². The minimum Gasteiger partial charge on any atom is -0.295 e. The van der Waals surface area contributed by atoms with E-state index < -0.39 is 17.8 Å². The van der Waals surface area contributed by atoms with Crippen LogP contribution in [0.4, 0.5) is 17.6 Å². The van der Waals surface area contributed by atoms with Crippen LogP contribution in [-0.4, -0.2) is 17.6 Å². The number of rotatable bonds is 3. The Morgan fingerprint density at radius 2 is 1.56 bits per heavy atom. The summed E-state index contributed by atoms with van der Waals surface area (Å²) in [6.45, 7) is 0. The number of hydrogen-bond acceptors (Lipinski definition) is 1. The maximum Gasteiger partial charge on any atom is 0.249 e. The molecule has 2 saturated carbocycles. The van der Waals surface area contributed by atoms with E-state index in [1.807, 2.05) is 0 Å². The number of carbonyl (C=O) groups excluding carboxylic acids is 1. The third-order valence-corrected chi connectivity index (χ3v) is 3.79. The van der Waals surface area contributed by atoms with Crippen molar-refractivity contribution < 1.29 is 22.4 Å². The van der Waals surface area contributed by atoms with E-state index in [-0.39, 0.29) is 37.4 Å². The molecule has 2 aliphatic rings. The van der Waals surface area contributed by atoms with Crippen molar-refractivity contribution in [3.05, 3.63) is 12.2 Å². The van der Waals surface area contributed by atoms with E-state index in [0.29, 0.717) is 12.8 Å². The van der Waals surface area contributed by atoms with Gasteiger partial charge in [-0.25, -0.2) is 17.6 Å². The zero-order valence-electron chi connectivity index (χ0n) is 9.97. The van der Waals surface area contributed by atoms with Crippen LogP contribution in [0.15, 0.2) is 12.2 Å². The standard InChI is InChI=1S/C13H16F4O/c14-12(15)5-3-9(4-6-12)1-2-11(18)10-7-13(16,17)8-10/h1-2,9-10H,3-8H2. The van der Waals surface area contributed by atoms with Crippen molar-refractivity contribution >= 4 is 5.78 Å². The first-order valence-corrected chi connectivity index (χ1v) is 6.25. The first kappa shape index (κ1) is 13.6. The van der Waals surface area contributed by atoms with Crippen LogP contribution >= 0.6 is 0 Å². The summed E-state index contributed by atoms with van der Waals surface area (Å²) in [5, 5.41) is 0. The maximum atomic E-state index is 12.9. The summed E-state index contributed by atoms with van der Waals surface area (Å²) in [6.07, 6.45) is 2.59. The molecule has 0 radical (unpaired) electrons. The molecule has 0 aromatic heterocycles. The van der Waals surface area contributed by atoms with Crippen molar-refractivity contribution in [2.24, 2.45) is 11.8 Å². The smallest absolute Gasteiger partial charge is 0.249 e. The van der Waals surface area contributed by atoms with E-state index in [2.05, 4.69) is 0 Å². The maximum absolute atomic E-state index is 12.9. The molecular weight excluding hydrogens is 248 g/mol. The molecule has 0 aromatic rings. The average molecular weight is 264 g/mol. The van der Waals surface area contributed by atoms with Gasteiger partial charge in [-0.05, 0) is 24.8 Å². The van der Waals surface area contributed by atoms with Crippen molar-refractivity contribution in [3.8, 4) is 0 Å². The van der Waals surface area contributed by atoms with Crippen LogP contribution in [-0.2, 0) is 4.79 Å². The molecule has 2 fully saturated rings. The molecule has 0 amide bonds. The van der Waals surface area contributed by atoms with E-state index in [4.69, 9.17) is 0 Å². The average Bonchev–Trinajstić information content (AvgIpc) is 2.24. The van der Waals surface area contributed by atoms with Crippen LogP contribution in [0.3, 0.4) is 0 Å².